The lowest BCUT2D eigenvalue weighted by Crippen LogP contribution is -2.18. The third kappa shape index (κ3) is 4.74. The normalized spacial score (nSPS) is 10.5. The largest absolute Gasteiger partial charge is 0.424 e. The van der Waals surface area contributed by atoms with Gasteiger partial charge in [-0.05, 0) is 29.8 Å². The zero-order valence-electron chi connectivity index (χ0n) is 14.4. The summed E-state index contributed by atoms with van der Waals surface area (Å²) in [6.45, 7) is 1.53. The van der Waals surface area contributed by atoms with Crippen molar-refractivity contribution in [2.45, 2.75) is 13.1 Å². The van der Waals surface area contributed by atoms with Gasteiger partial charge in [0.2, 0.25) is 0 Å². The van der Waals surface area contributed by atoms with Gasteiger partial charge in [0.05, 0.1) is 0 Å². The molecule has 0 aliphatic heterocycles. The van der Waals surface area contributed by atoms with Crippen molar-refractivity contribution in [3.8, 4) is 11.8 Å². The fourth-order valence-electron chi connectivity index (χ4n) is 2.43. The Bertz CT molecular complexity index is 790. The second kappa shape index (κ2) is 8.21. The van der Waals surface area contributed by atoms with E-state index in [0.29, 0.717) is 6.01 Å². The molecule has 0 spiro atoms. The molecule has 0 saturated carbocycles. The van der Waals surface area contributed by atoms with Gasteiger partial charge in [-0.25, -0.2) is 15.0 Å². The Labute approximate surface area is 147 Å². The van der Waals surface area contributed by atoms with Gasteiger partial charge in [-0.1, -0.05) is 18.2 Å². The molecule has 6 nitrogen and oxygen atoms in total. The first-order chi connectivity index (χ1) is 12.2. The van der Waals surface area contributed by atoms with Crippen LogP contribution in [0.4, 0.5) is 5.82 Å². The zero-order valence-corrected chi connectivity index (χ0v) is 14.4. The topological polar surface area (TPSA) is 63.2 Å². The lowest BCUT2D eigenvalue weighted by molar-refractivity contribution is 0.441. The molecular formula is C19H21N5O. The molecule has 1 N–H and O–H groups in total. The Hall–Kier alpha value is -2.99. The summed E-state index contributed by atoms with van der Waals surface area (Å²) in [6, 6.07) is 14.1. The van der Waals surface area contributed by atoms with Crippen molar-refractivity contribution < 1.29 is 4.74 Å². The summed E-state index contributed by atoms with van der Waals surface area (Å²) in [7, 11) is 4.00. The van der Waals surface area contributed by atoms with Gasteiger partial charge >= 0.3 is 6.01 Å². The van der Waals surface area contributed by atoms with Crippen LogP contribution in [0.5, 0.6) is 11.8 Å². The number of rotatable bonds is 7. The lowest BCUT2D eigenvalue weighted by Gasteiger charge is -2.16. The van der Waals surface area contributed by atoms with E-state index in [0.717, 1.165) is 24.7 Å². The van der Waals surface area contributed by atoms with Crippen LogP contribution < -0.4 is 15.0 Å². The molecule has 6 heteroatoms. The van der Waals surface area contributed by atoms with Gasteiger partial charge in [0.1, 0.15) is 11.6 Å². The number of hydrogen-bond donors (Lipinski definition) is 1. The monoisotopic (exact) mass is 335 g/mol. The third-order valence-corrected chi connectivity index (χ3v) is 3.61. The highest BCUT2D eigenvalue weighted by atomic mass is 16.5. The number of benzene rings is 1. The van der Waals surface area contributed by atoms with Crippen molar-refractivity contribution in [2.24, 2.45) is 0 Å². The highest BCUT2D eigenvalue weighted by molar-refractivity contribution is 5.45. The number of anilines is 1. The molecule has 0 aliphatic carbocycles. The van der Waals surface area contributed by atoms with E-state index in [9.17, 15) is 0 Å². The highest BCUT2D eigenvalue weighted by Gasteiger charge is 2.05. The fourth-order valence-corrected chi connectivity index (χ4v) is 2.43. The minimum Gasteiger partial charge on any atom is -0.424 e. The average Bonchev–Trinajstić information content (AvgIpc) is 2.64. The fraction of sp³-hybridized carbons (Fsp3) is 0.211. The molecule has 3 rings (SSSR count). The van der Waals surface area contributed by atoms with Crippen LogP contribution in [0.25, 0.3) is 0 Å². The van der Waals surface area contributed by atoms with Crippen molar-refractivity contribution in [2.75, 3.05) is 19.0 Å². The number of nitrogens with one attached hydrogen (secondary N) is 1. The van der Waals surface area contributed by atoms with Gasteiger partial charge in [-0.15, -0.1) is 0 Å². The predicted molar refractivity (Wildman–Crippen MR) is 97.7 cm³/mol. The SMILES string of the molecule is CN(C)c1ncccc1CNCc1ccc(Oc2ncccn2)cc1. The second-order valence-electron chi connectivity index (χ2n) is 5.76. The van der Waals surface area contributed by atoms with Crippen molar-refractivity contribution in [1.82, 2.24) is 20.3 Å². The summed E-state index contributed by atoms with van der Waals surface area (Å²) < 4.78 is 5.59. The van der Waals surface area contributed by atoms with Gasteiger partial charge < -0.3 is 15.0 Å². The first-order valence-corrected chi connectivity index (χ1v) is 8.08. The molecule has 1 aromatic carbocycles. The molecular weight excluding hydrogens is 314 g/mol. The number of aromatic nitrogens is 3. The van der Waals surface area contributed by atoms with Gasteiger partial charge in [0.15, 0.2) is 0 Å². The maximum Gasteiger partial charge on any atom is 0.321 e. The van der Waals surface area contributed by atoms with E-state index in [-0.39, 0.29) is 0 Å². The number of hydrogen-bond acceptors (Lipinski definition) is 6. The van der Waals surface area contributed by atoms with E-state index in [2.05, 4.69) is 26.3 Å². The molecule has 0 saturated heterocycles. The maximum atomic E-state index is 5.59. The van der Waals surface area contributed by atoms with E-state index < -0.39 is 0 Å². The molecule has 25 heavy (non-hydrogen) atoms. The molecule has 0 atom stereocenters. The van der Waals surface area contributed by atoms with Crippen LogP contribution in [0.2, 0.25) is 0 Å². The van der Waals surface area contributed by atoms with Crippen LogP contribution in [-0.2, 0) is 13.1 Å². The van der Waals surface area contributed by atoms with Crippen LogP contribution in [0, 0.1) is 0 Å². The molecule has 2 heterocycles. The summed E-state index contributed by atoms with van der Waals surface area (Å²) in [5.41, 5.74) is 2.35. The average molecular weight is 335 g/mol. The Balaban J connectivity index is 1.54. The molecule has 0 unspecified atom stereocenters. The quantitative estimate of drug-likeness (QED) is 0.716. The smallest absolute Gasteiger partial charge is 0.321 e. The third-order valence-electron chi connectivity index (χ3n) is 3.61. The van der Waals surface area contributed by atoms with E-state index in [1.807, 2.05) is 55.5 Å². The minimum absolute atomic E-state index is 0.348. The Morgan fingerprint density at radius 2 is 1.60 bits per heavy atom. The first-order valence-electron chi connectivity index (χ1n) is 8.08. The molecule has 128 valence electrons. The molecule has 0 amide bonds. The molecule has 0 radical (unpaired) electrons. The minimum atomic E-state index is 0.348. The molecule has 2 aromatic heterocycles. The summed E-state index contributed by atoms with van der Waals surface area (Å²) >= 11 is 0. The Kier molecular flexibility index (Phi) is 5.53. The first kappa shape index (κ1) is 16.9. The Morgan fingerprint density at radius 3 is 2.32 bits per heavy atom. The van der Waals surface area contributed by atoms with Crippen molar-refractivity contribution in [3.05, 3.63) is 72.2 Å². The number of ether oxygens (including phenoxy) is 1. The summed E-state index contributed by atoms with van der Waals surface area (Å²) in [4.78, 5) is 14.5. The number of nitrogens with zero attached hydrogens (tertiary/aromatic N) is 4. The van der Waals surface area contributed by atoms with E-state index in [1.54, 1.807) is 18.5 Å². The Morgan fingerprint density at radius 1 is 0.880 bits per heavy atom. The van der Waals surface area contributed by atoms with Crippen LogP contribution in [0.3, 0.4) is 0 Å². The van der Waals surface area contributed by atoms with Gasteiger partial charge in [0, 0.05) is 51.3 Å². The standard InChI is InChI=1S/C19H21N5O/c1-24(2)18-16(5-3-10-21-18)14-20-13-15-6-8-17(9-7-15)25-19-22-11-4-12-23-19/h3-12,20H,13-14H2,1-2H3. The van der Waals surface area contributed by atoms with Gasteiger partial charge in [-0.3, -0.25) is 0 Å². The van der Waals surface area contributed by atoms with E-state index >= 15 is 0 Å². The molecule has 0 fully saturated rings. The highest BCUT2D eigenvalue weighted by Crippen LogP contribution is 2.18. The second-order valence-corrected chi connectivity index (χ2v) is 5.76. The van der Waals surface area contributed by atoms with E-state index in [1.165, 1.54) is 11.1 Å². The summed E-state index contributed by atoms with van der Waals surface area (Å²) in [5.74, 6) is 1.71. The van der Waals surface area contributed by atoms with Crippen LogP contribution in [-0.4, -0.2) is 29.0 Å². The summed E-state index contributed by atoms with van der Waals surface area (Å²) in [5, 5.41) is 3.45. The van der Waals surface area contributed by atoms with E-state index in [4.69, 9.17) is 4.74 Å². The molecule has 0 bridgehead atoms. The summed E-state index contributed by atoms with van der Waals surface area (Å²) in [6.07, 6.45) is 5.12. The van der Waals surface area contributed by atoms with Crippen LogP contribution in [0.1, 0.15) is 11.1 Å². The van der Waals surface area contributed by atoms with Crippen LogP contribution in [0.15, 0.2) is 61.1 Å². The van der Waals surface area contributed by atoms with Gasteiger partial charge in [0.25, 0.3) is 0 Å². The van der Waals surface area contributed by atoms with Crippen molar-refractivity contribution in [3.63, 3.8) is 0 Å². The lowest BCUT2D eigenvalue weighted by atomic mass is 10.2. The number of pyridine rings is 1. The van der Waals surface area contributed by atoms with Crippen molar-refractivity contribution in [1.29, 1.82) is 0 Å². The maximum absolute atomic E-state index is 5.59. The molecule has 0 aliphatic rings. The zero-order chi connectivity index (χ0) is 17.5. The van der Waals surface area contributed by atoms with Gasteiger partial charge in [-0.2, -0.15) is 0 Å². The molecule has 3 aromatic rings. The van der Waals surface area contributed by atoms with Crippen LogP contribution >= 0.6 is 0 Å². The van der Waals surface area contributed by atoms with Crippen molar-refractivity contribution >= 4 is 5.82 Å². The predicted octanol–water partition coefficient (Wildman–Crippen LogP) is 3.02.